The Hall–Kier alpha value is -0.800. The quantitative estimate of drug-likeness (QED) is 0.491. The zero-order valence-corrected chi connectivity index (χ0v) is 10.5. The predicted molar refractivity (Wildman–Crippen MR) is 65.2 cm³/mol. The molecule has 1 heterocycles. The number of halogens is 1. The Morgan fingerprint density at radius 2 is 2.13 bits per heavy atom. The second-order valence-corrected chi connectivity index (χ2v) is 4.27. The summed E-state index contributed by atoms with van der Waals surface area (Å²) in [5, 5.41) is 2.29. The largest absolute Gasteiger partial charge is 0.307 e. The summed E-state index contributed by atoms with van der Waals surface area (Å²) < 4.78 is 0. The van der Waals surface area contributed by atoms with Crippen molar-refractivity contribution in [3.05, 3.63) is 22.5 Å². The number of hydrazine groups is 1. The van der Waals surface area contributed by atoms with Gasteiger partial charge in [-0.25, -0.2) is 10.8 Å². The van der Waals surface area contributed by atoms with Crippen LogP contribution in [0.5, 0.6) is 0 Å². The molecule has 4 heteroatoms. The van der Waals surface area contributed by atoms with Crippen molar-refractivity contribution in [3.8, 4) is 0 Å². The van der Waals surface area contributed by atoms with Crippen LogP contribution in [-0.2, 0) is 6.42 Å². The number of nitrogens with two attached hydrogens (primary N) is 1. The van der Waals surface area contributed by atoms with Crippen LogP contribution in [0.1, 0.15) is 32.0 Å². The van der Waals surface area contributed by atoms with E-state index in [2.05, 4.69) is 4.98 Å². The van der Waals surface area contributed by atoms with Crippen LogP contribution < -0.4 is 10.9 Å². The summed E-state index contributed by atoms with van der Waals surface area (Å²) in [5.41, 5.74) is 2.87. The maximum absolute atomic E-state index is 5.98. The Morgan fingerprint density at radius 3 is 2.60 bits per heavy atom. The van der Waals surface area contributed by atoms with Gasteiger partial charge in [-0.2, -0.15) is 0 Å². The molecule has 2 N–H and O–H groups in total. The molecule has 0 aliphatic rings. The molecule has 0 radical (unpaired) electrons. The van der Waals surface area contributed by atoms with Crippen molar-refractivity contribution < 1.29 is 0 Å². The molecule has 0 fully saturated rings. The van der Waals surface area contributed by atoms with Gasteiger partial charge in [0, 0.05) is 6.04 Å². The molecule has 0 atom stereocenters. The first-order valence-corrected chi connectivity index (χ1v) is 5.55. The number of hydrogen-bond acceptors (Lipinski definition) is 3. The van der Waals surface area contributed by atoms with E-state index < -0.39 is 0 Å². The normalized spacial score (nSPS) is 10.9. The first kappa shape index (κ1) is 12.3. The fourth-order valence-electron chi connectivity index (χ4n) is 1.37. The SMILES string of the molecule is CCc1nc(Cl)c(C)cc1N(N)C(C)C. The Balaban J connectivity index is 3.21. The molecule has 0 aliphatic carbocycles. The molecule has 1 aromatic heterocycles. The van der Waals surface area contributed by atoms with Gasteiger partial charge >= 0.3 is 0 Å². The molecule has 0 unspecified atom stereocenters. The third-order valence-electron chi connectivity index (χ3n) is 2.38. The van der Waals surface area contributed by atoms with Crippen molar-refractivity contribution in [1.82, 2.24) is 4.98 Å². The topological polar surface area (TPSA) is 42.2 Å². The van der Waals surface area contributed by atoms with Gasteiger partial charge in [0.2, 0.25) is 0 Å². The van der Waals surface area contributed by atoms with E-state index in [0.29, 0.717) is 5.15 Å². The Labute approximate surface area is 96.2 Å². The van der Waals surface area contributed by atoms with Crippen LogP contribution in [-0.4, -0.2) is 11.0 Å². The van der Waals surface area contributed by atoms with E-state index in [4.69, 9.17) is 17.4 Å². The van der Waals surface area contributed by atoms with Gasteiger partial charge in [0.15, 0.2) is 0 Å². The van der Waals surface area contributed by atoms with Crippen molar-refractivity contribution >= 4 is 17.3 Å². The first-order chi connectivity index (χ1) is 6.97. The second-order valence-electron chi connectivity index (χ2n) is 3.92. The minimum absolute atomic E-state index is 0.248. The summed E-state index contributed by atoms with van der Waals surface area (Å²) in [6.07, 6.45) is 0.829. The van der Waals surface area contributed by atoms with Crippen molar-refractivity contribution in [2.45, 2.75) is 40.2 Å². The lowest BCUT2D eigenvalue weighted by molar-refractivity contribution is 0.703. The molecule has 0 bridgehead atoms. The fourth-order valence-corrected chi connectivity index (χ4v) is 1.53. The van der Waals surface area contributed by atoms with Gasteiger partial charge in [0.1, 0.15) is 5.15 Å². The van der Waals surface area contributed by atoms with Gasteiger partial charge in [0.25, 0.3) is 0 Å². The van der Waals surface area contributed by atoms with Crippen LogP contribution in [0.2, 0.25) is 5.15 Å². The molecule has 84 valence electrons. The highest BCUT2D eigenvalue weighted by atomic mass is 35.5. The number of aromatic nitrogens is 1. The number of nitrogens with zero attached hydrogens (tertiary/aromatic N) is 2. The molecular weight excluding hydrogens is 210 g/mol. The molecular formula is C11H18ClN3. The van der Waals surface area contributed by atoms with Gasteiger partial charge < -0.3 is 5.01 Å². The fraction of sp³-hybridized carbons (Fsp3) is 0.545. The average Bonchev–Trinajstić information content (AvgIpc) is 2.20. The maximum atomic E-state index is 5.98. The molecule has 1 aromatic rings. The van der Waals surface area contributed by atoms with E-state index in [9.17, 15) is 0 Å². The number of pyridine rings is 1. The first-order valence-electron chi connectivity index (χ1n) is 5.17. The summed E-state index contributed by atoms with van der Waals surface area (Å²) in [7, 11) is 0. The minimum atomic E-state index is 0.248. The standard InChI is InChI=1S/C11H18ClN3/c1-5-9-10(15(13)7(2)3)6-8(4)11(12)14-9/h6-7H,5,13H2,1-4H3. The molecule has 3 nitrogen and oxygen atoms in total. The molecule has 15 heavy (non-hydrogen) atoms. The lowest BCUT2D eigenvalue weighted by atomic mass is 10.2. The van der Waals surface area contributed by atoms with E-state index in [1.54, 1.807) is 5.01 Å². The van der Waals surface area contributed by atoms with E-state index in [1.165, 1.54) is 0 Å². The monoisotopic (exact) mass is 227 g/mol. The molecule has 0 spiro atoms. The molecule has 0 aromatic carbocycles. The smallest absolute Gasteiger partial charge is 0.132 e. The summed E-state index contributed by atoms with van der Waals surface area (Å²) in [5.74, 6) is 5.98. The van der Waals surface area contributed by atoms with Crippen LogP contribution in [0.25, 0.3) is 0 Å². The van der Waals surface area contributed by atoms with Crippen molar-refractivity contribution in [3.63, 3.8) is 0 Å². The summed E-state index contributed by atoms with van der Waals surface area (Å²) in [4.78, 5) is 4.34. The number of anilines is 1. The zero-order chi connectivity index (χ0) is 11.6. The van der Waals surface area contributed by atoms with E-state index in [-0.39, 0.29) is 6.04 Å². The predicted octanol–water partition coefficient (Wildman–Crippen LogP) is 2.69. The molecule has 0 amide bonds. The lowest BCUT2D eigenvalue weighted by Gasteiger charge is -2.25. The van der Waals surface area contributed by atoms with Crippen molar-refractivity contribution in [2.75, 3.05) is 5.01 Å². The Morgan fingerprint density at radius 1 is 1.53 bits per heavy atom. The summed E-state index contributed by atoms with van der Waals surface area (Å²) in [6, 6.07) is 2.24. The Bertz CT molecular complexity index is 350. The van der Waals surface area contributed by atoms with Gasteiger partial charge in [0.05, 0.1) is 11.4 Å². The number of rotatable bonds is 3. The summed E-state index contributed by atoms with van der Waals surface area (Å²) in [6.45, 7) is 8.07. The van der Waals surface area contributed by atoms with Gasteiger partial charge in [-0.3, -0.25) is 0 Å². The third kappa shape index (κ3) is 2.61. The molecule has 0 saturated heterocycles. The van der Waals surface area contributed by atoms with E-state index in [0.717, 1.165) is 23.4 Å². The van der Waals surface area contributed by atoms with E-state index in [1.807, 2.05) is 33.8 Å². The lowest BCUT2D eigenvalue weighted by Crippen LogP contribution is -2.38. The third-order valence-corrected chi connectivity index (χ3v) is 2.76. The van der Waals surface area contributed by atoms with Crippen molar-refractivity contribution in [2.24, 2.45) is 5.84 Å². The molecule has 0 saturated carbocycles. The minimum Gasteiger partial charge on any atom is -0.307 e. The van der Waals surface area contributed by atoms with Gasteiger partial charge in [-0.15, -0.1) is 0 Å². The number of aryl methyl sites for hydroxylation is 2. The molecule has 1 rings (SSSR count). The summed E-state index contributed by atoms with van der Waals surface area (Å²) >= 11 is 5.98. The van der Waals surface area contributed by atoms with Crippen LogP contribution in [0.3, 0.4) is 0 Å². The van der Waals surface area contributed by atoms with E-state index >= 15 is 0 Å². The zero-order valence-electron chi connectivity index (χ0n) is 9.71. The van der Waals surface area contributed by atoms with Gasteiger partial charge in [-0.1, -0.05) is 18.5 Å². The van der Waals surface area contributed by atoms with Gasteiger partial charge in [-0.05, 0) is 38.8 Å². The Kier molecular flexibility index (Phi) is 3.94. The van der Waals surface area contributed by atoms with Crippen LogP contribution in [0, 0.1) is 6.92 Å². The maximum Gasteiger partial charge on any atom is 0.132 e. The van der Waals surface area contributed by atoms with Crippen LogP contribution in [0.4, 0.5) is 5.69 Å². The van der Waals surface area contributed by atoms with Crippen LogP contribution >= 0.6 is 11.6 Å². The average molecular weight is 228 g/mol. The highest BCUT2D eigenvalue weighted by Crippen LogP contribution is 2.24. The highest BCUT2D eigenvalue weighted by Gasteiger charge is 2.13. The number of hydrogen-bond donors (Lipinski definition) is 1. The van der Waals surface area contributed by atoms with Crippen LogP contribution in [0.15, 0.2) is 6.07 Å². The second kappa shape index (κ2) is 4.81. The molecule has 0 aliphatic heterocycles. The highest BCUT2D eigenvalue weighted by molar-refractivity contribution is 6.30. The van der Waals surface area contributed by atoms with Crippen molar-refractivity contribution in [1.29, 1.82) is 0 Å².